The second kappa shape index (κ2) is 5.35. The van der Waals surface area contributed by atoms with Gasteiger partial charge in [0.15, 0.2) is 0 Å². The number of rotatable bonds is 4. The third-order valence-corrected chi connectivity index (χ3v) is 2.75. The van der Waals surface area contributed by atoms with E-state index in [-0.39, 0.29) is 17.1 Å². The number of nitrogens with one attached hydrogen (secondary N) is 2. The lowest BCUT2D eigenvalue weighted by atomic mass is 10.2. The van der Waals surface area contributed by atoms with Crippen LogP contribution in [0.1, 0.15) is 10.4 Å². The number of carbonyl (C=O) groups excluding carboxylic acids is 1. The molecule has 2 heterocycles. The molecule has 0 spiro atoms. The number of aromatic nitrogens is 3. The van der Waals surface area contributed by atoms with E-state index in [4.69, 9.17) is 0 Å². The highest BCUT2D eigenvalue weighted by Gasteiger charge is 2.18. The second-order valence-electron chi connectivity index (χ2n) is 3.29. The molecular weight excluding hydrogens is 272 g/mol. The Morgan fingerprint density at radius 2 is 2.32 bits per heavy atom. The number of anilines is 2. The standard InChI is InChI=1S/C9H8N6O3S/c1-10-7-6(2-5(3-11-7)15(17)18)8(16)13-9-14-12-4-19-9/h2-4H,1H3,(H,10,11)(H,13,14,16). The van der Waals surface area contributed by atoms with Crippen molar-refractivity contribution in [2.75, 3.05) is 17.7 Å². The molecule has 0 aromatic carbocycles. The normalized spacial score (nSPS) is 9.95. The van der Waals surface area contributed by atoms with Crippen LogP contribution in [0.3, 0.4) is 0 Å². The first-order valence-corrected chi connectivity index (χ1v) is 5.89. The Morgan fingerprint density at radius 1 is 1.53 bits per heavy atom. The van der Waals surface area contributed by atoms with Gasteiger partial charge >= 0.3 is 0 Å². The highest BCUT2D eigenvalue weighted by Crippen LogP contribution is 2.20. The molecule has 0 fully saturated rings. The van der Waals surface area contributed by atoms with E-state index in [9.17, 15) is 14.9 Å². The number of carbonyl (C=O) groups is 1. The van der Waals surface area contributed by atoms with E-state index in [0.717, 1.165) is 23.6 Å². The molecule has 19 heavy (non-hydrogen) atoms. The van der Waals surface area contributed by atoms with Gasteiger partial charge in [-0.3, -0.25) is 20.2 Å². The molecular formula is C9H8N6O3S. The van der Waals surface area contributed by atoms with Gasteiger partial charge in [0.2, 0.25) is 5.13 Å². The number of hydrogen-bond donors (Lipinski definition) is 2. The van der Waals surface area contributed by atoms with Crippen molar-refractivity contribution in [3.05, 3.63) is 33.5 Å². The Morgan fingerprint density at radius 3 is 2.89 bits per heavy atom. The highest BCUT2D eigenvalue weighted by atomic mass is 32.1. The molecule has 0 radical (unpaired) electrons. The van der Waals surface area contributed by atoms with Gasteiger partial charge in [0.05, 0.1) is 10.5 Å². The zero-order valence-corrected chi connectivity index (χ0v) is 10.5. The number of amides is 1. The molecule has 0 bridgehead atoms. The molecule has 0 atom stereocenters. The molecule has 9 nitrogen and oxygen atoms in total. The van der Waals surface area contributed by atoms with Crippen molar-refractivity contribution in [1.29, 1.82) is 0 Å². The van der Waals surface area contributed by atoms with Crippen molar-refractivity contribution in [2.45, 2.75) is 0 Å². The molecule has 1 amide bonds. The van der Waals surface area contributed by atoms with E-state index in [2.05, 4.69) is 25.8 Å². The summed E-state index contributed by atoms with van der Waals surface area (Å²) in [4.78, 5) is 25.9. The predicted molar refractivity (Wildman–Crippen MR) is 68.3 cm³/mol. The van der Waals surface area contributed by atoms with Crippen LogP contribution in [0.2, 0.25) is 0 Å². The molecule has 2 rings (SSSR count). The monoisotopic (exact) mass is 280 g/mol. The van der Waals surface area contributed by atoms with E-state index < -0.39 is 10.8 Å². The van der Waals surface area contributed by atoms with E-state index in [1.165, 1.54) is 5.51 Å². The van der Waals surface area contributed by atoms with Gasteiger partial charge in [0, 0.05) is 13.1 Å². The van der Waals surface area contributed by atoms with Gasteiger partial charge in [-0.15, -0.1) is 10.2 Å². The molecule has 2 N–H and O–H groups in total. The lowest BCUT2D eigenvalue weighted by Gasteiger charge is -2.06. The predicted octanol–water partition coefficient (Wildman–Crippen LogP) is 1.14. The summed E-state index contributed by atoms with van der Waals surface area (Å²) in [5.41, 5.74) is 1.26. The van der Waals surface area contributed by atoms with Gasteiger partial charge in [0.25, 0.3) is 11.6 Å². The SMILES string of the molecule is CNc1ncc([N+](=O)[O-])cc1C(=O)Nc1nncs1. The molecule has 0 saturated heterocycles. The summed E-state index contributed by atoms with van der Waals surface area (Å²) in [6.45, 7) is 0. The Labute approximate surface area is 110 Å². The summed E-state index contributed by atoms with van der Waals surface area (Å²) in [7, 11) is 1.57. The fourth-order valence-electron chi connectivity index (χ4n) is 1.32. The van der Waals surface area contributed by atoms with E-state index in [1.54, 1.807) is 7.05 Å². The van der Waals surface area contributed by atoms with Crippen LogP contribution in [0.15, 0.2) is 17.8 Å². The van der Waals surface area contributed by atoms with Gasteiger partial charge in [-0.25, -0.2) is 4.98 Å². The Hall–Kier alpha value is -2.62. The molecule has 0 aliphatic rings. The third-order valence-electron chi connectivity index (χ3n) is 2.15. The fourth-order valence-corrected chi connectivity index (χ4v) is 1.76. The smallest absolute Gasteiger partial charge is 0.288 e. The van der Waals surface area contributed by atoms with Crippen molar-refractivity contribution >= 4 is 33.9 Å². The van der Waals surface area contributed by atoms with Crippen LogP contribution < -0.4 is 10.6 Å². The number of nitrogens with zero attached hydrogens (tertiary/aromatic N) is 4. The summed E-state index contributed by atoms with van der Waals surface area (Å²) >= 11 is 1.14. The molecule has 0 aliphatic carbocycles. The average molecular weight is 280 g/mol. The molecule has 2 aromatic rings. The minimum Gasteiger partial charge on any atom is -0.372 e. The maximum absolute atomic E-state index is 12.0. The molecule has 0 aliphatic heterocycles. The van der Waals surface area contributed by atoms with Crippen LogP contribution in [0, 0.1) is 10.1 Å². The molecule has 0 unspecified atom stereocenters. The summed E-state index contributed by atoms with van der Waals surface area (Å²) in [6, 6.07) is 1.15. The lowest BCUT2D eigenvalue weighted by molar-refractivity contribution is -0.385. The van der Waals surface area contributed by atoms with Gasteiger partial charge in [-0.1, -0.05) is 11.3 Å². The van der Waals surface area contributed by atoms with Crippen molar-refractivity contribution in [3.63, 3.8) is 0 Å². The first kappa shape index (κ1) is 12.8. The van der Waals surface area contributed by atoms with E-state index >= 15 is 0 Å². The summed E-state index contributed by atoms with van der Waals surface area (Å²) in [5, 5.41) is 23.4. The van der Waals surface area contributed by atoms with Crippen molar-refractivity contribution in [3.8, 4) is 0 Å². The van der Waals surface area contributed by atoms with Gasteiger partial charge in [0.1, 0.15) is 17.5 Å². The number of hydrogen-bond acceptors (Lipinski definition) is 8. The Bertz CT molecular complexity index is 614. The average Bonchev–Trinajstić information content (AvgIpc) is 2.90. The Balaban J connectivity index is 2.33. The molecule has 10 heteroatoms. The summed E-state index contributed by atoms with van der Waals surface area (Å²) in [5.74, 6) is -0.301. The summed E-state index contributed by atoms with van der Waals surface area (Å²) in [6.07, 6.45) is 1.08. The number of pyridine rings is 1. The first-order valence-electron chi connectivity index (χ1n) is 5.01. The van der Waals surface area contributed by atoms with Crippen LogP contribution in [0.25, 0.3) is 0 Å². The van der Waals surface area contributed by atoms with Crippen molar-refractivity contribution in [1.82, 2.24) is 15.2 Å². The molecule has 2 aromatic heterocycles. The van der Waals surface area contributed by atoms with Crippen molar-refractivity contribution in [2.24, 2.45) is 0 Å². The maximum Gasteiger partial charge on any atom is 0.288 e. The first-order chi connectivity index (χ1) is 9.11. The van der Waals surface area contributed by atoms with Crippen LogP contribution in [-0.2, 0) is 0 Å². The van der Waals surface area contributed by atoms with Gasteiger partial charge < -0.3 is 5.32 Å². The third kappa shape index (κ3) is 2.80. The van der Waals surface area contributed by atoms with E-state index in [0.29, 0.717) is 5.13 Å². The topological polar surface area (TPSA) is 123 Å². The van der Waals surface area contributed by atoms with Gasteiger partial charge in [-0.2, -0.15) is 0 Å². The summed E-state index contributed by atoms with van der Waals surface area (Å²) < 4.78 is 0. The van der Waals surface area contributed by atoms with Crippen LogP contribution >= 0.6 is 11.3 Å². The largest absolute Gasteiger partial charge is 0.372 e. The fraction of sp³-hybridized carbons (Fsp3) is 0.111. The van der Waals surface area contributed by atoms with Crippen LogP contribution in [0.4, 0.5) is 16.6 Å². The van der Waals surface area contributed by atoms with E-state index in [1.807, 2.05) is 0 Å². The van der Waals surface area contributed by atoms with Gasteiger partial charge in [-0.05, 0) is 0 Å². The van der Waals surface area contributed by atoms with Crippen LogP contribution in [-0.4, -0.2) is 33.1 Å². The number of nitro groups is 1. The minimum atomic E-state index is -0.617. The minimum absolute atomic E-state index is 0.0619. The Kier molecular flexibility index (Phi) is 3.61. The van der Waals surface area contributed by atoms with Crippen LogP contribution in [0.5, 0.6) is 0 Å². The quantitative estimate of drug-likeness (QED) is 0.635. The second-order valence-corrected chi connectivity index (χ2v) is 4.13. The van der Waals surface area contributed by atoms with Crippen molar-refractivity contribution < 1.29 is 9.72 Å². The zero-order valence-electron chi connectivity index (χ0n) is 9.65. The molecule has 98 valence electrons. The highest BCUT2D eigenvalue weighted by molar-refractivity contribution is 7.13. The zero-order chi connectivity index (χ0) is 13.8. The lowest BCUT2D eigenvalue weighted by Crippen LogP contribution is -2.15. The molecule has 0 saturated carbocycles. The maximum atomic E-state index is 12.0.